The van der Waals surface area contributed by atoms with Crippen molar-refractivity contribution in [3.05, 3.63) is 17.0 Å². The summed E-state index contributed by atoms with van der Waals surface area (Å²) in [5.74, 6) is 0. The predicted molar refractivity (Wildman–Crippen MR) is 40.3 cm³/mol. The molecule has 0 saturated carbocycles. The van der Waals surface area contributed by atoms with E-state index < -0.39 is 0 Å². The van der Waals surface area contributed by atoms with Crippen molar-refractivity contribution in [2.75, 3.05) is 6.26 Å². The summed E-state index contributed by atoms with van der Waals surface area (Å²) in [5, 5.41) is 0.921. The molecule has 0 atom stereocenters. The van der Waals surface area contributed by atoms with Gasteiger partial charge < -0.3 is 0 Å². The minimum atomic E-state index is 0.921. The lowest BCUT2D eigenvalue weighted by Gasteiger charge is -1.93. The van der Waals surface area contributed by atoms with Gasteiger partial charge in [-0.3, -0.25) is 0 Å². The first-order chi connectivity index (χ1) is 4.34. The molecule has 47 valence electrons. The third-order valence-corrected chi connectivity index (χ3v) is 2.33. The van der Waals surface area contributed by atoms with Gasteiger partial charge in [0.1, 0.15) is 5.03 Å². The lowest BCUT2D eigenvalue weighted by Crippen LogP contribution is -1.81. The molecule has 0 fully saturated rings. The minimum Gasteiger partial charge on any atom is -0.233 e. The predicted octanol–water partition coefficient (Wildman–Crippen LogP) is 1.76. The molecular formula is C5H4BrN2S. The Morgan fingerprint density at radius 1 is 1.78 bits per heavy atom. The van der Waals surface area contributed by atoms with Crippen molar-refractivity contribution < 1.29 is 0 Å². The van der Waals surface area contributed by atoms with E-state index in [-0.39, 0.29) is 0 Å². The number of nitrogens with zero attached hydrogens (tertiary/aromatic N) is 2. The summed E-state index contributed by atoms with van der Waals surface area (Å²) in [6.45, 7) is 0. The third kappa shape index (κ3) is 1.66. The molecule has 0 saturated heterocycles. The fraction of sp³-hybridized carbons (Fsp3) is 0.200. The summed E-state index contributed by atoms with van der Waals surface area (Å²) >= 11 is 4.86. The maximum atomic E-state index is 3.88. The van der Waals surface area contributed by atoms with Crippen molar-refractivity contribution >= 4 is 27.7 Å². The lowest BCUT2D eigenvalue weighted by molar-refractivity contribution is 1.01. The van der Waals surface area contributed by atoms with Crippen LogP contribution in [0.3, 0.4) is 0 Å². The van der Waals surface area contributed by atoms with Gasteiger partial charge in [-0.25, -0.2) is 9.97 Å². The lowest BCUT2D eigenvalue weighted by atomic mass is 10.7. The van der Waals surface area contributed by atoms with Crippen molar-refractivity contribution in [2.45, 2.75) is 5.03 Å². The number of hydrogen-bond acceptors (Lipinski definition) is 3. The van der Waals surface area contributed by atoms with Gasteiger partial charge in [-0.15, -0.1) is 11.8 Å². The van der Waals surface area contributed by atoms with Gasteiger partial charge in [0.2, 0.25) is 0 Å². The summed E-state index contributed by atoms with van der Waals surface area (Å²) in [4.78, 5) is 7.57. The molecule has 1 radical (unpaired) electrons. The van der Waals surface area contributed by atoms with E-state index in [0.717, 1.165) is 9.50 Å². The average molecular weight is 204 g/mol. The van der Waals surface area contributed by atoms with Crippen molar-refractivity contribution in [2.24, 2.45) is 0 Å². The van der Waals surface area contributed by atoms with E-state index in [1.54, 1.807) is 18.0 Å². The average Bonchev–Trinajstić information content (AvgIpc) is 1.89. The van der Waals surface area contributed by atoms with Gasteiger partial charge in [0.05, 0.1) is 4.47 Å². The van der Waals surface area contributed by atoms with Crippen LogP contribution in [-0.4, -0.2) is 16.2 Å². The Labute approximate surface area is 66.2 Å². The molecule has 0 spiro atoms. The van der Waals surface area contributed by atoms with E-state index in [9.17, 15) is 0 Å². The quantitative estimate of drug-likeness (QED) is 0.514. The number of thioether (sulfide) groups is 1. The van der Waals surface area contributed by atoms with Crippen LogP contribution in [0.15, 0.2) is 15.7 Å². The molecule has 0 amide bonds. The van der Waals surface area contributed by atoms with Crippen molar-refractivity contribution in [1.82, 2.24) is 9.97 Å². The van der Waals surface area contributed by atoms with Gasteiger partial charge in [-0.2, -0.15) is 0 Å². The number of halogens is 1. The molecular weight excluding hydrogens is 200 g/mol. The molecule has 4 heteroatoms. The summed E-state index contributed by atoms with van der Waals surface area (Å²) in [6, 6.07) is 0. The molecule has 0 aromatic carbocycles. The van der Waals surface area contributed by atoms with E-state index in [1.165, 1.54) is 0 Å². The second-order valence-electron chi connectivity index (χ2n) is 1.33. The van der Waals surface area contributed by atoms with Gasteiger partial charge in [-0.05, 0) is 22.2 Å². The fourth-order valence-electron chi connectivity index (χ4n) is 0.412. The van der Waals surface area contributed by atoms with E-state index >= 15 is 0 Å². The van der Waals surface area contributed by atoms with Gasteiger partial charge in [0, 0.05) is 6.20 Å². The Balaban J connectivity index is 3.01. The van der Waals surface area contributed by atoms with Gasteiger partial charge in [0.15, 0.2) is 6.33 Å². The zero-order chi connectivity index (χ0) is 6.69. The van der Waals surface area contributed by atoms with Crippen LogP contribution in [0.25, 0.3) is 0 Å². The van der Waals surface area contributed by atoms with Crippen molar-refractivity contribution in [3.63, 3.8) is 0 Å². The van der Waals surface area contributed by atoms with Crippen LogP contribution in [0.1, 0.15) is 0 Å². The van der Waals surface area contributed by atoms with Crippen LogP contribution < -0.4 is 0 Å². The maximum Gasteiger partial charge on any atom is 0.198 e. The molecule has 0 unspecified atom stereocenters. The Bertz CT molecular complexity index is 204. The molecule has 0 aliphatic heterocycles. The Kier molecular flexibility index (Phi) is 2.48. The number of hydrogen-bond donors (Lipinski definition) is 0. The number of rotatable bonds is 1. The van der Waals surface area contributed by atoms with Crippen LogP contribution >= 0.6 is 27.7 Å². The fourth-order valence-corrected chi connectivity index (χ4v) is 1.47. The first kappa shape index (κ1) is 7.02. The van der Waals surface area contributed by atoms with Crippen LogP contribution in [0, 0.1) is 6.33 Å². The van der Waals surface area contributed by atoms with E-state index in [4.69, 9.17) is 0 Å². The van der Waals surface area contributed by atoms with Crippen molar-refractivity contribution in [3.8, 4) is 0 Å². The van der Waals surface area contributed by atoms with Crippen LogP contribution in [0.5, 0.6) is 0 Å². The van der Waals surface area contributed by atoms with Gasteiger partial charge in [-0.1, -0.05) is 0 Å². The van der Waals surface area contributed by atoms with E-state index in [0.29, 0.717) is 0 Å². The first-order valence-electron chi connectivity index (χ1n) is 2.27. The van der Waals surface area contributed by atoms with Gasteiger partial charge >= 0.3 is 0 Å². The smallest absolute Gasteiger partial charge is 0.198 e. The van der Waals surface area contributed by atoms with E-state index in [1.807, 2.05) is 6.26 Å². The Morgan fingerprint density at radius 2 is 2.56 bits per heavy atom. The summed E-state index contributed by atoms with van der Waals surface area (Å²) in [6.07, 6.45) is 6.14. The highest BCUT2D eigenvalue weighted by Gasteiger charge is 1.95. The molecule has 1 aromatic rings. The molecule has 0 aliphatic carbocycles. The molecule has 1 rings (SSSR count). The molecule has 1 aromatic heterocycles. The van der Waals surface area contributed by atoms with Crippen molar-refractivity contribution in [1.29, 1.82) is 0 Å². The highest BCUT2D eigenvalue weighted by Crippen LogP contribution is 2.20. The van der Waals surface area contributed by atoms with Crippen LogP contribution in [0.4, 0.5) is 0 Å². The topological polar surface area (TPSA) is 25.8 Å². The minimum absolute atomic E-state index is 0.921. The second-order valence-corrected chi connectivity index (χ2v) is 2.98. The standard InChI is InChI=1S/C5H4BrN2S/c1-9-5-4(6)2-7-3-8-5/h2H,1H3. The van der Waals surface area contributed by atoms with Crippen LogP contribution in [0.2, 0.25) is 0 Å². The highest BCUT2D eigenvalue weighted by atomic mass is 79.9. The largest absolute Gasteiger partial charge is 0.233 e. The normalized spacial score (nSPS) is 9.56. The number of aromatic nitrogens is 2. The highest BCUT2D eigenvalue weighted by molar-refractivity contribution is 9.10. The zero-order valence-corrected chi connectivity index (χ0v) is 7.16. The monoisotopic (exact) mass is 203 g/mol. The van der Waals surface area contributed by atoms with Gasteiger partial charge in [0.25, 0.3) is 0 Å². The maximum absolute atomic E-state index is 3.88. The molecule has 1 heterocycles. The Morgan fingerprint density at radius 3 is 3.00 bits per heavy atom. The summed E-state index contributed by atoms with van der Waals surface area (Å²) in [7, 11) is 0. The summed E-state index contributed by atoms with van der Waals surface area (Å²) < 4.78 is 0.925. The SMILES string of the molecule is CSc1n[c]ncc1Br. The third-order valence-electron chi connectivity index (χ3n) is 0.785. The summed E-state index contributed by atoms with van der Waals surface area (Å²) in [5.41, 5.74) is 0. The Hall–Kier alpha value is -0.0900. The first-order valence-corrected chi connectivity index (χ1v) is 4.29. The second kappa shape index (κ2) is 3.17. The molecule has 0 aliphatic rings. The molecule has 9 heavy (non-hydrogen) atoms. The molecule has 0 N–H and O–H groups in total. The molecule has 2 nitrogen and oxygen atoms in total. The zero-order valence-electron chi connectivity index (χ0n) is 4.76. The van der Waals surface area contributed by atoms with E-state index in [2.05, 4.69) is 32.2 Å². The van der Waals surface area contributed by atoms with Crippen LogP contribution in [-0.2, 0) is 0 Å². The molecule has 0 bridgehead atoms.